The van der Waals surface area contributed by atoms with Crippen LogP contribution in [0.4, 0.5) is 0 Å². The minimum Gasteiger partial charge on any atom is -0.464 e. The lowest BCUT2D eigenvalue weighted by molar-refractivity contribution is 0.100. The SMILES string of the molecule is CCCCCCCCCCc1c(C(=O)c2ccccc2)oc2ccc3c(C)cc(=O)oc3c12.CCCCCCc1c(C(=O)c2ccccc2)oc2ccc3c(C)cc(=O)oc3c12.CCCCCc1c(C(=O)c2ccccc2)oc2ccc3c(C)cc(=O)oc3c12.CCCc1c(C(=O)c2ccccc2)oc2ccc3c(C)cc(=O)oc3c12.Cc1cc(=O)oc2c1ccc1oc(C(=O)c3ccccc3)c(-c3ccco3)c12. The molecule has 21 heteroatoms. The Balaban J connectivity index is 0.000000124. The molecule has 0 atom stereocenters. The number of benzene rings is 10. The first-order chi connectivity index (χ1) is 70.0. The van der Waals surface area contributed by atoms with Crippen LogP contribution in [0.5, 0.6) is 0 Å². The summed E-state index contributed by atoms with van der Waals surface area (Å²) in [6.45, 7) is 18.0. The van der Waals surface area contributed by atoms with E-state index >= 15 is 0 Å². The topological polar surface area (TPSA) is 315 Å². The highest BCUT2D eigenvalue weighted by atomic mass is 16.4. The van der Waals surface area contributed by atoms with E-state index in [0.717, 1.165) is 163 Å². The van der Waals surface area contributed by atoms with Crippen LogP contribution < -0.4 is 28.1 Å². The van der Waals surface area contributed by atoms with Crippen LogP contribution in [0.15, 0.2) is 334 Å². The third-order valence-corrected chi connectivity index (χ3v) is 26.3. The van der Waals surface area contributed by atoms with Gasteiger partial charge in [-0.25, -0.2) is 24.0 Å². The van der Waals surface area contributed by atoms with E-state index in [1.807, 2.05) is 175 Å². The standard InChI is InChI=1S/C29H32O4.C25H24O4.C24H22O4.C23H14O5.C22H18O4/c1-3-4-5-6-7-8-9-13-16-23-26-24(18-17-22-20(2)19-25(30)33-28(22)26)32-29(23)27(31)21-14-11-10-12-15-21;1-3-4-5-9-12-19-22-20(14-13-18-16(2)15-21(26)29-24(18)22)28-25(19)23(27)17-10-7-6-8-11-17;1-3-4-6-11-18-21-19(13-12-17-15(2)14-20(25)28-23(17)21)27-24(18)22(26)16-9-7-5-8-10-16;1-13-12-18(24)28-22-15(13)9-10-17-20(22)19(16-8-5-11-26-16)23(27-17)21(25)14-6-3-2-4-7-14;1-3-7-16-19-17(11-10-15-13(2)12-18(23)26-21(15)19)25-22(16)20(24)14-8-5-4-6-9-14/h10-12,14-15,17-19H,3-9,13,16H2,1-2H3;6-8,10-11,13-15H,3-5,9,12H2,1-2H3;5,7-10,12-14H,3-4,6,11H2,1-2H3;2-12H,1H3;4-6,8-12H,3,7H2,1-2H3. The second-order valence-electron chi connectivity index (χ2n) is 36.5. The molecule has 21 rings (SSSR count). The molecule has 0 fully saturated rings. The van der Waals surface area contributed by atoms with Crippen LogP contribution in [0.2, 0.25) is 0 Å². The van der Waals surface area contributed by atoms with Crippen LogP contribution in [0, 0.1) is 34.6 Å². The highest BCUT2D eigenvalue weighted by molar-refractivity contribution is 6.21. The van der Waals surface area contributed by atoms with E-state index in [4.69, 9.17) is 48.6 Å². The van der Waals surface area contributed by atoms with Crippen LogP contribution in [-0.4, -0.2) is 28.9 Å². The summed E-state index contributed by atoms with van der Waals surface area (Å²) in [5.74, 6) is 1.13. The minimum absolute atomic E-state index is 0.135. The van der Waals surface area contributed by atoms with E-state index in [9.17, 15) is 47.9 Å². The highest BCUT2D eigenvalue weighted by Gasteiger charge is 2.32. The summed E-state index contributed by atoms with van der Waals surface area (Å²) < 4.78 is 63.5. The summed E-state index contributed by atoms with van der Waals surface area (Å²) in [4.78, 5) is 126. The Hall–Kier alpha value is -16.4. The first kappa shape index (κ1) is 99.2. The molecular formula is C123H110O21. The molecule has 728 valence electrons. The number of furan rings is 6. The second kappa shape index (κ2) is 45.0. The number of unbranched alkanes of at least 4 members (excludes halogenated alkanes) is 12. The molecule has 0 radical (unpaired) electrons. The molecule has 0 aliphatic rings. The molecule has 0 N–H and O–H groups in total. The monoisotopic (exact) mass is 1920 g/mol. The van der Waals surface area contributed by atoms with Gasteiger partial charge in [0.05, 0.1) is 38.8 Å². The first-order valence-electron chi connectivity index (χ1n) is 49.5. The van der Waals surface area contributed by atoms with E-state index in [-0.39, 0.29) is 40.3 Å². The zero-order valence-corrected chi connectivity index (χ0v) is 82.0. The third kappa shape index (κ3) is 21.1. The quantitative estimate of drug-likeness (QED) is 0.0221. The summed E-state index contributed by atoms with van der Waals surface area (Å²) in [5.41, 5.74) is 14.0. The Morgan fingerprint density at radius 2 is 0.451 bits per heavy atom. The number of fused-ring (bicyclic) bond motifs is 15. The second-order valence-corrected chi connectivity index (χ2v) is 36.5. The minimum atomic E-state index is -0.458. The fourth-order valence-electron chi connectivity index (χ4n) is 19.1. The molecule has 0 aliphatic carbocycles. The average Bonchev–Trinajstić information content (AvgIpc) is 1.58. The predicted molar refractivity (Wildman–Crippen MR) is 563 cm³/mol. The van der Waals surface area contributed by atoms with Crippen molar-refractivity contribution in [2.45, 2.75) is 191 Å². The van der Waals surface area contributed by atoms with Crippen LogP contribution in [0.1, 0.15) is 261 Å². The summed E-state index contributed by atoms with van der Waals surface area (Å²) in [6.07, 6.45) is 22.2. The smallest absolute Gasteiger partial charge is 0.336 e. The lowest BCUT2D eigenvalue weighted by atomic mass is 9.97. The fraction of sp³-hybridized carbons (Fsp3) is 0.236. The van der Waals surface area contributed by atoms with Gasteiger partial charge in [-0.05, 0) is 180 Å². The van der Waals surface area contributed by atoms with E-state index in [2.05, 4.69) is 20.8 Å². The molecule has 0 amide bonds. The Kier molecular flexibility index (Phi) is 31.0. The van der Waals surface area contributed by atoms with Crippen molar-refractivity contribution in [3.05, 3.63) is 420 Å². The summed E-state index contributed by atoms with van der Waals surface area (Å²) in [6, 6.07) is 74.9. The van der Waals surface area contributed by atoms with Crippen LogP contribution in [-0.2, 0) is 25.7 Å². The van der Waals surface area contributed by atoms with Crippen molar-refractivity contribution in [3.63, 3.8) is 0 Å². The maximum absolute atomic E-state index is 13.4. The van der Waals surface area contributed by atoms with Crippen molar-refractivity contribution >= 4 is 139 Å². The zero-order chi connectivity index (χ0) is 101. The molecule has 21 nitrogen and oxygen atoms in total. The van der Waals surface area contributed by atoms with Crippen LogP contribution in [0.25, 0.3) is 121 Å². The molecule has 11 aromatic heterocycles. The predicted octanol–water partition coefficient (Wildman–Crippen LogP) is 30.1. The molecule has 21 aromatic rings. The lowest BCUT2D eigenvalue weighted by Gasteiger charge is -2.06. The molecule has 0 unspecified atom stereocenters. The summed E-state index contributed by atoms with van der Waals surface area (Å²) in [7, 11) is 0. The van der Waals surface area contributed by atoms with Gasteiger partial charge >= 0.3 is 28.1 Å². The molecule has 0 spiro atoms. The normalized spacial score (nSPS) is 11.4. The molecule has 144 heavy (non-hydrogen) atoms. The highest BCUT2D eigenvalue weighted by Crippen LogP contribution is 2.44. The summed E-state index contributed by atoms with van der Waals surface area (Å²) >= 11 is 0. The Morgan fingerprint density at radius 1 is 0.222 bits per heavy atom. The van der Waals surface area contributed by atoms with Gasteiger partial charge in [-0.15, -0.1) is 0 Å². The van der Waals surface area contributed by atoms with Gasteiger partial charge in [-0.3, -0.25) is 24.0 Å². The van der Waals surface area contributed by atoms with Crippen molar-refractivity contribution in [2.24, 2.45) is 0 Å². The van der Waals surface area contributed by atoms with E-state index < -0.39 is 22.5 Å². The lowest BCUT2D eigenvalue weighted by Crippen LogP contribution is -2.04. The van der Waals surface area contributed by atoms with Crippen molar-refractivity contribution < 1.29 is 72.6 Å². The maximum Gasteiger partial charge on any atom is 0.336 e. The van der Waals surface area contributed by atoms with Crippen LogP contribution >= 0.6 is 0 Å². The number of carbonyl (C=O) groups excluding carboxylic acids is 5. The van der Waals surface area contributed by atoms with Crippen molar-refractivity contribution in [2.75, 3.05) is 0 Å². The number of hydrogen-bond donors (Lipinski definition) is 0. The van der Waals surface area contributed by atoms with E-state index in [1.54, 1.807) is 91.0 Å². The Labute approximate surface area is 828 Å². The first-order valence-corrected chi connectivity index (χ1v) is 49.5. The molecule has 0 bridgehead atoms. The van der Waals surface area contributed by atoms with Gasteiger partial charge in [0.25, 0.3) is 0 Å². The van der Waals surface area contributed by atoms with Gasteiger partial charge in [-0.1, -0.05) is 263 Å². The summed E-state index contributed by atoms with van der Waals surface area (Å²) in [5, 5.41) is 7.77. The van der Waals surface area contributed by atoms with E-state index in [1.165, 1.54) is 75.1 Å². The van der Waals surface area contributed by atoms with Crippen molar-refractivity contribution in [1.82, 2.24) is 0 Å². The number of rotatable bonds is 31. The molecular weight excluding hydrogens is 1810 g/mol. The van der Waals surface area contributed by atoms with Crippen molar-refractivity contribution in [1.29, 1.82) is 0 Å². The largest absolute Gasteiger partial charge is 0.464 e. The van der Waals surface area contributed by atoms with Gasteiger partial charge in [0.2, 0.25) is 28.9 Å². The fourth-order valence-corrected chi connectivity index (χ4v) is 19.1. The van der Waals surface area contributed by atoms with Gasteiger partial charge in [-0.2, -0.15) is 0 Å². The average molecular weight is 1920 g/mol. The van der Waals surface area contributed by atoms with Crippen LogP contribution in [0.3, 0.4) is 0 Å². The number of carbonyl (C=O) groups is 5. The van der Waals surface area contributed by atoms with Gasteiger partial charge < -0.3 is 48.6 Å². The van der Waals surface area contributed by atoms with Gasteiger partial charge in [0.1, 0.15) is 56.0 Å². The van der Waals surface area contributed by atoms with Crippen molar-refractivity contribution in [3.8, 4) is 11.3 Å². The molecule has 11 heterocycles. The Morgan fingerprint density at radius 3 is 0.722 bits per heavy atom. The number of hydrogen-bond acceptors (Lipinski definition) is 21. The third-order valence-electron chi connectivity index (χ3n) is 26.3. The van der Waals surface area contributed by atoms with Gasteiger partial charge in [0.15, 0.2) is 34.4 Å². The molecule has 0 aliphatic heterocycles. The number of ketones is 5. The molecule has 0 saturated heterocycles. The number of aryl methyl sites for hydroxylation is 9. The van der Waals surface area contributed by atoms with Gasteiger partial charge in [0, 0.05) is 107 Å². The zero-order valence-electron chi connectivity index (χ0n) is 82.0. The van der Waals surface area contributed by atoms with E-state index in [0.29, 0.717) is 149 Å². The maximum atomic E-state index is 13.4. The molecule has 10 aromatic carbocycles. The molecule has 0 saturated carbocycles. The Bertz CT molecular complexity index is 8640.